The second-order valence-corrected chi connectivity index (χ2v) is 6.04. The molecule has 0 bridgehead atoms. The number of esters is 1. The van der Waals surface area contributed by atoms with Crippen LogP contribution in [0.5, 0.6) is 0 Å². The summed E-state index contributed by atoms with van der Waals surface area (Å²) in [7, 11) is 0. The Morgan fingerprint density at radius 2 is 2.10 bits per heavy atom. The third-order valence-corrected chi connectivity index (χ3v) is 2.61. The summed E-state index contributed by atoms with van der Waals surface area (Å²) in [5, 5.41) is 6.73. The minimum Gasteiger partial charge on any atom is -0.461 e. The first-order chi connectivity index (χ1) is 9.73. The fraction of sp³-hybridized carbons (Fsp3) is 0.615. The first-order valence-electron chi connectivity index (χ1n) is 6.60. The SMILES string of the molecule is CCOC(=O)c1cc(Br)nn1CCNC(=O)OC(C)(C)C. The van der Waals surface area contributed by atoms with Crippen molar-refractivity contribution >= 4 is 28.0 Å². The largest absolute Gasteiger partial charge is 0.461 e. The van der Waals surface area contributed by atoms with Gasteiger partial charge in [-0.3, -0.25) is 4.68 Å². The predicted molar refractivity (Wildman–Crippen MR) is 80.1 cm³/mol. The van der Waals surface area contributed by atoms with Crippen LogP contribution in [0.2, 0.25) is 0 Å². The average Bonchev–Trinajstić information content (AvgIpc) is 2.68. The van der Waals surface area contributed by atoms with Crippen LogP contribution in [-0.2, 0) is 16.0 Å². The summed E-state index contributed by atoms with van der Waals surface area (Å²) in [5.41, 5.74) is -0.218. The van der Waals surface area contributed by atoms with Gasteiger partial charge in [0, 0.05) is 12.6 Å². The summed E-state index contributed by atoms with van der Waals surface area (Å²) in [5.74, 6) is -0.451. The van der Waals surface area contributed by atoms with Crippen LogP contribution in [0.4, 0.5) is 4.79 Å². The Morgan fingerprint density at radius 3 is 2.67 bits per heavy atom. The first-order valence-corrected chi connectivity index (χ1v) is 7.39. The number of alkyl carbamates (subject to hydrolysis) is 1. The molecule has 1 N–H and O–H groups in total. The summed E-state index contributed by atoms with van der Waals surface area (Å²) >= 11 is 3.21. The minimum absolute atomic E-state index is 0.287. The Bertz CT molecular complexity index is 508. The van der Waals surface area contributed by atoms with Crippen molar-refractivity contribution in [2.75, 3.05) is 13.2 Å². The monoisotopic (exact) mass is 361 g/mol. The summed E-state index contributed by atoms with van der Waals surface area (Å²) < 4.78 is 12.1. The highest BCUT2D eigenvalue weighted by Crippen LogP contribution is 2.12. The molecule has 21 heavy (non-hydrogen) atoms. The van der Waals surface area contributed by atoms with Gasteiger partial charge in [0.1, 0.15) is 15.9 Å². The lowest BCUT2D eigenvalue weighted by molar-refractivity contribution is 0.0512. The van der Waals surface area contributed by atoms with Crippen LogP contribution >= 0.6 is 15.9 Å². The predicted octanol–water partition coefficient (Wildman–Crippen LogP) is 2.35. The number of aromatic nitrogens is 2. The van der Waals surface area contributed by atoms with Gasteiger partial charge in [0.25, 0.3) is 0 Å². The Labute approximate surface area is 132 Å². The smallest absolute Gasteiger partial charge is 0.407 e. The van der Waals surface area contributed by atoms with E-state index in [0.29, 0.717) is 16.8 Å². The molecule has 0 radical (unpaired) electrons. The van der Waals surface area contributed by atoms with Crippen LogP contribution in [0, 0.1) is 0 Å². The Kier molecular flexibility index (Phi) is 6.19. The Morgan fingerprint density at radius 1 is 1.43 bits per heavy atom. The van der Waals surface area contributed by atoms with Gasteiger partial charge in [0.05, 0.1) is 13.2 Å². The highest BCUT2D eigenvalue weighted by atomic mass is 79.9. The highest BCUT2D eigenvalue weighted by Gasteiger charge is 2.17. The van der Waals surface area contributed by atoms with E-state index < -0.39 is 17.7 Å². The molecule has 0 fully saturated rings. The second-order valence-electron chi connectivity index (χ2n) is 5.22. The van der Waals surface area contributed by atoms with Crippen LogP contribution in [0.3, 0.4) is 0 Å². The van der Waals surface area contributed by atoms with E-state index in [1.807, 2.05) is 0 Å². The van der Waals surface area contributed by atoms with Crippen LogP contribution < -0.4 is 5.32 Å². The van der Waals surface area contributed by atoms with Crippen LogP contribution in [-0.4, -0.2) is 40.6 Å². The first kappa shape index (κ1) is 17.5. The maximum absolute atomic E-state index is 11.7. The van der Waals surface area contributed by atoms with E-state index in [2.05, 4.69) is 26.3 Å². The maximum Gasteiger partial charge on any atom is 0.407 e. The molecule has 0 aliphatic carbocycles. The molecule has 0 spiro atoms. The zero-order valence-corrected chi connectivity index (χ0v) is 14.2. The summed E-state index contributed by atoms with van der Waals surface area (Å²) in [6, 6.07) is 1.57. The number of carbonyl (C=O) groups excluding carboxylic acids is 2. The van der Waals surface area contributed by atoms with E-state index in [9.17, 15) is 9.59 Å². The fourth-order valence-corrected chi connectivity index (χ4v) is 1.91. The number of amides is 1. The molecule has 0 aliphatic heterocycles. The number of rotatable bonds is 5. The molecule has 1 aromatic heterocycles. The van der Waals surface area contributed by atoms with Crippen molar-refractivity contribution in [1.82, 2.24) is 15.1 Å². The summed E-state index contributed by atoms with van der Waals surface area (Å²) in [6.45, 7) is 8.01. The van der Waals surface area contributed by atoms with Gasteiger partial charge in [0.15, 0.2) is 0 Å². The highest BCUT2D eigenvalue weighted by molar-refractivity contribution is 9.10. The fourth-order valence-electron chi connectivity index (χ4n) is 1.50. The van der Waals surface area contributed by atoms with E-state index in [0.717, 1.165) is 0 Å². The Hall–Kier alpha value is -1.57. The molecule has 1 aromatic rings. The van der Waals surface area contributed by atoms with Crippen LogP contribution in [0.25, 0.3) is 0 Å². The molecule has 1 amide bonds. The molecule has 0 aromatic carbocycles. The molecule has 0 atom stereocenters. The number of nitrogens with zero attached hydrogens (tertiary/aromatic N) is 2. The van der Waals surface area contributed by atoms with Crippen molar-refractivity contribution in [3.05, 3.63) is 16.4 Å². The van der Waals surface area contributed by atoms with Crippen LogP contribution in [0.1, 0.15) is 38.2 Å². The lowest BCUT2D eigenvalue weighted by Gasteiger charge is -2.19. The lowest BCUT2D eigenvalue weighted by atomic mass is 10.2. The van der Waals surface area contributed by atoms with E-state index in [4.69, 9.17) is 9.47 Å². The van der Waals surface area contributed by atoms with E-state index in [1.54, 1.807) is 33.8 Å². The van der Waals surface area contributed by atoms with Gasteiger partial charge in [0.2, 0.25) is 0 Å². The van der Waals surface area contributed by atoms with Gasteiger partial charge in [-0.1, -0.05) is 0 Å². The lowest BCUT2D eigenvalue weighted by Crippen LogP contribution is -2.34. The van der Waals surface area contributed by atoms with Gasteiger partial charge < -0.3 is 14.8 Å². The molecule has 1 rings (SSSR count). The van der Waals surface area contributed by atoms with Crippen molar-refractivity contribution in [2.24, 2.45) is 0 Å². The molecule has 118 valence electrons. The maximum atomic E-state index is 11.7. The normalized spacial score (nSPS) is 11.1. The summed E-state index contributed by atoms with van der Waals surface area (Å²) in [4.78, 5) is 23.3. The number of hydrogen-bond donors (Lipinski definition) is 1. The molecule has 0 saturated carbocycles. The third kappa shape index (κ3) is 6.16. The number of carbonyl (C=O) groups is 2. The van der Waals surface area contributed by atoms with Gasteiger partial charge in [-0.15, -0.1) is 0 Å². The zero-order valence-electron chi connectivity index (χ0n) is 12.6. The molecular weight excluding hydrogens is 342 g/mol. The van der Waals surface area contributed by atoms with Crippen molar-refractivity contribution in [1.29, 1.82) is 0 Å². The van der Waals surface area contributed by atoms with E-state index in [1.165, 1.54) is 4.68 Å². The van der Waals surface area contributed by atoms with Crippen molar-refractivity contribution in [3.63, 3.8) is 0 Å². The van der Waals surface area contributed by atoms with Gasteiger partial charge in [-0.2, -0.15) is 5.10 Å². The van der Waals surface area contributed by atoms with Gasteiger partial charge >= 0.3 is 12.1 Å². The number of ether oxygens (including phenoxy) is 2. The Balaban J connectivity index is 2.56. The molecule has 0 aliphatic rings. The van der Waals surface area contributed by atoms with E-state index in [-0.39, 0.29) is 13.2 Å². The standard InChI is InChI=1S/C13H20BrN3O4/c1-5-20-11(18)9-8-10(14)16-17(9)7-6-15-12(19)21-13(2,3)4/h8H,5-7H2,1-4H3,(H,15,19). The molecule has 0 unspecified atom stereocenters. The third-order valence-electron chi connectivity index (χ3n) is 2.23. The van der Waals surface area contributed by atoms with Crippen molar-refractivity contribution < 1.29 is 19.1 Å². The molecule has 0 saturated heterocycles. The van der Waals surface area contributed by atoms with E-state index >= 15 is 0 Å². The topological polar surface area (TPSA) is 82.5 Å². The van der Waals surface area contributed by atoms with Gasteiger partial charge in [-0.05, 0) is 43.6 Å². The summed E-state index contributed by atoms with van der Waals surface area (Å²) in [6.07, 6.45) is -0.508. The van der Waals surface area contributed by atoms with Gasteiger partial charge in [-0.25, -0.2) is 9.59 Å². The second kappa shape index (κ2) is 7.44. The quantitative estimate of drug-likeness (QED) is 0.813. The zero-order chi connectivity index (χ0) is 16.0. The number of halogens is 1. The molecule has 8 heteroatoms. The minimum atomic E-state index is -0.547. The molecular formula is C13H20BrN3O4. The number of nitrogens with one attached hydrogen (secondary N) is 1. The molecule has 7 nitrogen and oxygen atoms in total. The molecule has 1 heterocycles. The van der Waals surface area contributed by atoms with Crippen molar-refractivity contribution in [3.8, 4) is 0 Å². The van der Waals surface area contributed by atoms with Crippen molar-refractivity contribution in [2.45, 2.75) is 39.8 Å². The number of hydrogen-bond acceptors (Lipinski definition) is 5. The average molecular weight is 362 g/mol. The van der Waals surface area contributed by atoms with Crippen LogP contribution in [0.15, 0.2) is 10.7 Å².